The number of benzene rings is 1. The molecule has 1 aliphatic rings. The largest absolute Gasteiger partial charge is 0.379 e. The monoisotopic (exact) mass is 360 g/mol. The minimum absolute atomic E-state index is 0.00939. The van der Waals surface area contributed by atoms with Gasteiger partial charge in [-0.2, -0.15) is 0 Å². The molecule has 1 saturated heterocycles. The molecule has 26 heavy (non-hydrogen) atoms. The number of nitrogens with zero attached hydrogens (tertiary/aromatic N) is 3. The highest BCUT2D eigenvalue weighted by Gasteiger charge is 2.21. The van der Waals surface area contributed by atoms with E-state index in [1.165, 1.54) is 4.57 Å². The number of aromatic nitrogens is 2. The quantitative estimate of drug-likeness (QED) is 0.882. The Labute approximate surface area is 153 Å². The molecular weight excluding hydrogens is 332 g/mol. The molecule has 1 N–H and O–H groups in total. The lowest BCUT2D eigenvalue weighted by Crippen LogP contribution is -2.43. The average Bonchev–Trinajstić information content (AvgIpc) is 2.92. The fourth-order valence-corrected chi connectivity index (χ4v) is 3.11. The van der Waals surface area contributed by atoms with Crippen molar-refractivity contribution in [3.63, 3.8) is 0 Å². The molecule has 0 spiro atoms. The molecule has 1 fully saturated rings. The van der Waals surface area contributed by atoms with Gasteiger partial charge in [0.05, 0.1) is 24.2 Å². The van der Waals surface area contributed by atoms with Gasteiger partial charge in [0.2, 0.25) is 0 Å². The summed E-state index contributed by atoms with van der Waals surface area (Å²) < 4.78 is 8.33. The van der Waals surface area contributed by atoms with Gasteiger partial charge < -0.3 is 10.1 Å². The van der Waals surface area contributed by atoms with E-state index in [0.717, 1.165) is 38.4 Å². The highest BCUT2D eigenvalue weighted by molar-refractivity contribution is 5.89. The molecule has 2 heterocycles. The number of para-hydroxylation sites is 2. The van der Waals surface area contributed by atoms with E-state index in [2.05, 4.69) is 10.2 Å². The van der Waals surface area contributed by atoms with E-state index in [9.17, 15) is 9.59 Å². The molecule has 1 aromatic heterocycles. The van der Waals surface area contributed by atoms with Crippen LogP contribution in [0.3, 0.4) is 0 Å². The second-order valence-electron chi connectivity index (χ2n) is 7.19. The molecule has 0 radical (unpaired) electrons. The van der Waals surface area contributed by atoms with Crippen molar-refractivity contribution >= 4 is 17.1 Å². The molecule has 0 saturated carbocycles. The summed E-state index contributed by atoms with van der Waals surface area (Å²) >= 11 is 0. The highest BCUT2D eigenvalue weighted by Crippen LogP contribution is 2.13. The third kappa shape index (κ3) is 3.83. The molecule has 7 heteroatoms. The van der Waals surface area contributed by atoms with Crippen LogP contribution in [0.2, 0.25) is 0 Å². The van der Waals surface area contributed by atoms with Gasteiger partial charge in [-0.3, -0.25) is 9.47 Å². The first-order chi connectivity index (χ1) is 12.5. The smallest absolute Gasteiger partial charge is 0.337 e. The van der Waals surface area contributed by atoms with Crippen LogP contribution in [-0.4, -0.2) is 59.0 Å². The average molecular weight is 360 g/mol. The minimum atomic E-state index is -0.363. The van der Waals surface area contributed by atoms with Crippen molar-refractivity contribution in [1.29, 1.82) is 0 Å². The first-order valence-corrected chi connectivity index (χ1v) is 9.30. The van der Waals surface area contributed by atoms with E-state index < -0.39 is 0 Å². The number of nitrogens with one attached hydrogen (secondary N) is 1. The van der Waals surface area contributed by atoms with Crippen molar-refractivity contribution in [2.24, 2.45) is 5.92 Å². The number of amides is 1. The lowest BCUT2D eigenvalue weighted by Gasteiger charge is -2.26. The third-order valence-corrected chi connectivity index (χ3v) is 5.13. The zero-order valence-corrected chi connectivity index (χ0v) is 15.8. The highest BCUT2D eigenvalue weighted by atomic mass is 16.5. The van der Waals surface area contributed by atoms with Crippen molar-refractivity contribution in [3.05, 3.63) is 34.7 Å². The SMILES string of the molecule is CC(C)[C@@H](C)NC(=O)n1c(=O)n(CCN2CCOCC2)c2ccccc21. The first-order valence-electron chi connectivity index (χ1n) is 9.30. The Morgan fingerprint density at radius 2 is 1.77 bits per heavy atom. The predicted molar refractivity (Wildman–Crippen MR) is 102 cm³/mol. The number of rotatable bonds is 5. The molecular formula is C19H28N4O3. The number of carbonyl (C=O) groups excluding carboxylic acids is 1. The first kappa shape index (κ1) is 18.7. The van der Waals surface area contributed by atoms with E-state index >= 15 is 0 Å². The number of imidazole rings is 1. The van der Waals surface area contributed by atoms with E-state index in [4.69, 9.17) is 4.74 Å². The van der Waals surface area contributed by atoms with Crippen LogP contribution in [-0.2, 0) is 11.3 Å². The Morgan fingerprint density at radius 3 is 2.42 bits per heavy atom. The zero-order chi connectivity index (χ0) is 18.7. The van der Waals surface area contributed by atoms with Crippen LogP contribution < -0.4 is 11.0 Å². The Balaban J connectivity index is 1.88. The van der Waals surface area contributed by atoms with Crippen molar-refractivity contribution in [2.45, 2.75) is 33.4 Å². The lowest BCUT2D eigenvalue weighted by molar-refractivity contribution is 0.0364. The Kier molecular flexibility index (Phi) is 5.78. The number of fused-ring (bicyclic) bond motifs is 1. The van der Waals surface area contributed by atoms with Crippen LogP contribution in [0.4, 0.5) is 4.79 Å². The predicted octanol–water partition coefficient (Wildman–Crippen LogP) is 1.74. The maximum Gasteiger partial charge on any atom is 0.337 e. The molecule has 0 aliphatic carbocycles. The van der Waals surface area contributed by atoms with Crippen LogP contribution in [0.15, 0.2) is 29.1 Å². The summed E-state index contributed by atoms with van der Waals surface area (Å²) in [5, 5.41) is 2.93. The van der Waals surface area contributed by atoms with Gasteiger partial charge in [0.15, 0.2) is 0 Å². The second kappa shape index (κ2) is 8.05. The summed E-state index contributed by atoms with van der Waals surface area (Å²) in [7, 11) is 0. The lowest BCUT2D eigenvalue weighted by atomic mass is 10.1. The standard InChI is InChI=1S/C19H28N4O3/c1-14(2)15(3)20-18(24)23-17-7-5-4-6-16(17)22(19(23)25)9-8-21-10-12-26-13-11-21/h4-7,14-15H,8-13H2,1-3H3,(H,20,24)/t15-/m1/s1. The van der Waals surface area contributed by atoms with Gasteiger partial charge in [0.1, 0.15) is 0 Å². The number of morpholine rings is 1. The number of hydrogen-bond acceptors (Lipinski definition) is 4. The Morgan fingerprint density at radius 1 is 1.12 bits per heavy atom. The third-order valence-electron chi connectivity index (χ3n) is 5.13. The molecule has 142 valence electrons. The molecule has 3 rings (SSSR count). The van der Waals surface area contributed by atoms with Gasteiger partial charge in [-0.15, -0.1) is 0 Å². The molecule has 2 aromatic rings. The summed E-state index contributed by atoms with van der Waals surface area (Å²) in [6.07, 6.45) is 0. The maximum absolute atomic E-state index is 13.0. The van der Waals surface area contributed by atoms with Crippen molar-refractivity contribution in [2.75, 3.05) is 32.8 Å². The minimum Gasteiger partial charge on any atom is -0.379 e. The molecule has 1 aliphatic heterocycles. The maximum atomic E-state index is 13.0. The van der Waals surface area contributed by atoms with Crippen LogP contribution in [0.25, 0.3) is 11.0 Å². The zero-order valence-electron chi connectivity index (χ0n) is 15.8. The van der Waals surface area contributed by atoms with E-state index in [0.29, 0.717) is 18.0 Å². The van der Waals surface area contributed by atoms with Crippen LogP contribution in [0.1, 0.15) is 20.8 Å². The summed E-state index contributed by atoms with van der Waals surface area (Å²) in [6, 6.07) is 7.09. The van der Waals surface area contributed by atoms with E-state index in [-0.39, 0.29) is 17.8 Å². The second-order valence-corrected chi connectivity index (χ2v) is 7.19. The Hall–Kier alpha value is -2.12. The normalized spacial score (nSPS) is 16.9. The van der Waals surface area contributed by atoms with Crippen LogP contribution in [0, 0.1) is 5.92 Å². The fourth-order valence-electron chi connectivity index (χ4n) is 3.11. The summed E-state index contributed by atoms with van der Waals surface area (Å²) in [5.41, 5.74) is 1.15. The van der Waals surface area contributed by atoms with Crippen molar-refractivity contribution in [3.8, 4) is 0 Å². The topological polar surface area (TPSA) is 68.5 Å². The summed E-state index contributed by atoms with van der Waals surface area (Å²) in [6.45, 7) is 10.6. The summed E-state index contributed by atoms with van der Waals surface area (Å²) in [4.78, 5) is 28.0. The van der Waals surface area contributed by atoms with Crippen molar-refractivity contribution in [1.82, 2.24) is 19.4 Å². The number of carbonyl (C=O) groups is 1. The molecule has 0 unspecified atom stereocenters. The summed E-state index contributed by atoms with van der Waals surface area (Å²) in [5.74, 6) is 0.296. The van der Waals surface area contributed by atoms with Gasteiger partial charge in [-0.05, 0) is 25.0 Å². The van der Waals surface area contributed by atoms with Gasteiger partial charge >= 0.3 is 11.7 Å². The fraction of sp³-hybridized carbons (Fsp3) is 0.579. The van der Waals surface area contributed by atoms with Crippen molar-refractivity contribution < 1.29 is 9.53 Å². The molecule has 7 nitrogen and oxygen atoms in total. The Bertz CT molecular complexity index is 818. The number of ether oxygens (including phenoxy) is 1. The van der Waals surface area contributed by atoms with Gasteiger partial charge in [-0.25, -0.2) is 14.2 Å². The van der Waals surface area contributed by atoms with E-state index in [1.807, 2.05) is 45.0 Å². The van der Waals surface area contributed by atoms with Gasteiger partial charge in [0, 0.05) is 32.2 Å². The molecule has 0 bridgehead atoms. The molecule has 1 amide bonds. The van der Waals surface area contributed by atoms with E-state index in [1.54, 1.807) is 4.57 Å². The molecule has 1 atom stereocenters. The van der Waals surface area contributed by atoms with Crippen LogP contribution in [0.5, 0.6) is 0 Å². The van der Waals surface area contributed by atoms with Crippen LogP contribution >= 0.6 is 0 Å². The van der Waals surface area contributed by atoms with Gasteiger partial charge in [0.25, 0.3) is 0 Å². The van der Waals surface area contributed by atoms with Gasteiger partial charge in [-0.1, -0.05) is 26.0 Å². The molecule has 1 aromatic carbocycles. The number of hydrogen-bond donors (Lipinski definition) is 1.